The van der Waals surface area contributed by atoms with E-state index in [1.807, 2.05) is 6.92 Å². The van der Waals surface area contributed by atoms with Crippen LogP contribution in [0.15, 0.2) is 12.7 Å². The SMILES string of the molecule is C=CCN(CC(=O)O)C(=O)C1(C)CCCCN1. The van der Waals surface area contributed by atoms with Gasteiger partial charge >= 0.3 is 5.97 Å². The summed E-state index contributed by atoms with van der Waals surface area (Å²) < 4.78 is 0. The second kappa shape index (κ2) is 5.82. The monoisotopic (exact) mass is 240 g/mol. The van der Waals surface area contributed by atoms with Crippen molar-refractivity contribution in [2.45, 2.75) is 31.7 Å². The Morgan fingerprint density at radius 2 is 2.24 bits per heavy atom. The number of carboxylic acid groups (broad SMARTS) is 1. The van der Waals surface area contributed by atoms with E-state index in [1.54, 1.807) is 6.08 Å². The Balaban J connectivity index is 2.74. The van der Waals surface area contributed by atoms with Crippen molar-refractivity contribution in [1.82, 2.24) is 10.2 Å². The van der Waals surface area contributed by atoms with Crippen LogP contribution in [0, 0.1) is 0 Å². The van der Waals surface area contributed by atoms with E-state index >= 15 is 0 Å². The standard InChI is InChI=1S/C12H20N2O3/c1-3-8-14(9-10(15)16)11(17)12(2)6-4-5-7-13-12/h3,13H,1,4-9H2,2H3,(H,15,16). The van der Waals surface area contributed by atoms with Crippen LogP contribution in [0.3, 0.4) is 0 Å². The third-order valence-corrected chi connectivity index (χ3v) is 3.05. The first-order chi connectivity index (χ1) is 7.99. The number of hydrogen-bond acceptors (Lipinski definition) is 3. The molecule has 1 amide bonds. The zero-order valence-electron chi connectivity index (χ0n) is 10.2. The summed E-state index contributed by atoms with van der Waals surface area (Å²) in [7, 11) is 0. The summed E-state index contributed by atoms with van der Waals surface area (Å²) in [5.74, 6) is -1.15. The largest absolute Gasteiger partial charge is 0.480 e. The van der Waals surface area contributed by atoms with E-state index in [-0.39, 0.29) is 19.0 Å². The summed E-state index contributed by atoms with van der Waals surface area (Å²) in [6, 6.07) is 0. The number of carboxylic acids is 1. The predicted molar refractivity (Wildman–Crippen MR) is 64.7 cm³/mol. The maximum Gasteiger partial charge on any atom is 0.323 e. The van der Waals surface area contributed by atoms with Gasteiger partial charge < -0.3 is 15.3 Å². The van der Waals surface area contributed by atoms with Gasteiger partial charge in [-0.05, 0) is 32.7 Å². The Hall–Kier alpha value is -1.36. The number of nitrogens with zero attached hydrogens (tertiary/aromatic N) is 1. The first-order valence-electron chi connectivity index (χ1n) is 5.87. The molecule has 0 spiro atoms. The Morgan fingerprint density at radius 1 is 1.53 bits per heavy atom. The van der Waals surface area contributed by atoms with Crippen molar-refractivity contribution in [3.63, 3.8) is 0 Å². The van der Waals surface area contributed by atoms with Gasteiger partial charge in [0.25, 0.3) is 0 Å². The molecule has 0 saturated carbocycles. The molecule has 1 atom stereocenters. The topological polar surface area (TPSA) is 69.6 Å². The van der Waals surface area contributed by atoms with Gasteiger partial charge in [-0.15, -0.1) is 6.58 Å². The lowest BCUT2D eigenvalue weighted by atomic mass is 9.89. The minimum Gasteiger partial charge on any atom is -0.480 e. The molecule has 96 valence electrons. The number of rotatable bonds is 5. The first-order valence-corrected chi connectivity index (χ1v) is 5.87. The van der Waals surface area contributed by atoms with E-state index in [0.29, 0.717) is 0 Å². The van der Waals surface area contributed by atoms with Crippen LogP contribution in [-0.4, -0.2) is 47.1 Å². The quantitative estimate of drug-likeness (QED) is 0.691. The Morgan fingerprint density at radius 3 is 2.71 bits per heavy atom. The zero-order chi connectivity index (χ0) is 12.9. The second-order valence-corrected chi connectivity index (χ2v) is 4.58. The Bertz CT molecular complexity index is 309. The number of hydrogen-bond donors (Lipinski definition) is 2. The normalized spacial score (nSPS) is 24.1. The molecule has 0 aromatic carbocycles. The minimum absolute atomic E-state index is 0.153. The van der Waals surface area contributed by atoms with Crippen LogP contribution in [0.1, 0.15) is 26.2 Å². The van der Waals surface area contributed by atoms with Gasteiger partial charge in [-0.1, -0.05) is 6.08 Å². The van der Waals surface area contributed by atoms with Gasteiger partial charge in [0.15, 0.2) is 0 Å². The molecule has 2 N–H and O–H groups in total. The molecule has 0 aromatic heterocycles. The number of aliphatic carboxylic acids is 1. The number of amides is 1. The molecular weight excluding hydrogens is 220 g/mol. The van der Waals surface area contributed by atoms with E-state index in [9.17, 15) is 9.59 Å². The van der Waals surface area contributed by atoms with Gasteiger partial charge in [0.2, 0.25) is 5.91 Å². The molecule has 1 heterocycles. The Kier molecular flexibility index (Phi) is 4.69. The van der Waals surface area contributed by atoms with Crippen molar-refractivity contribution in [2.75, 3.05) is 19.6 Å². The molecule has 17 heavy (non-hydrogen) atoms. The molecule has 5 heteroatoms. The van der Waals surface area contributed by atoms with Crippen molar-refractivity contribution in [3.8, 4) is 0 Å². The summed E-state index contributed by atoms with van der Waals surface area (Å²) in [6.45, 7) is 6.18. The van der Waals surface area contributed by atoms with Crippen LogP contribution in [0.2, 0.25) is 0 Å². The van der Waals surface area contributed by atoms with Crippen LogP contribution >= 0.6 is 0 Å². The molecule has 1 aliphatic heterocycles. The number of carbonyl (C=O) groups excluding carboxylic acids is 1. The van der Waals surface area contributed by atoms with Crippen LogP contribution in [0.5, 0.6) is 0 Å². The highest BCUT2D eigenvalue weighted by Gasteiger charge is 2.37. The van der Waals surface area contributed by atoms with Crippen molar-refractivity contribution >= 4 is 11.9 Å². The fourth-order valence-corrected chi connectivity index (χ4v) is 2.13. The minimum atomic E-state index is -1.00. The van der Waals surface area contributed by atoms with Crippen LogP contribution in [0.4, 0.5) is 0 Å². The molecule has 1 aliphatic rings. The second-order valence-electron chi connectivity index (χ2n) is 4.58. The summed E-state index contributed by atoms with van der Waals surface area (Å²) in [6.07, 6.45) is 4.35. The number of piperidine rings is 1. The summed E-state index contributed by atoms with van der Waals surface area (Å²) in [5.41, 5.74) is -0.628. The fourth-order valence-electron chi connectivity index (χ4n) is 2.13. The van der Waals surface area contributed by atoms with E-state index in [4.69, 9.17) is 5.11 Å². The van der Waals surface area contributed by atoms with Gasteiger partial charge in [-0.2, -0.15) is 0 Å². The average molecular weight is 240 g/mol. The van der Waals surface area contributed by atoms with E-state index in [1.165, 1.54) is 4.90 Å². The smallest absolute Gasteiger partial charge is 0.323 e. The van der Waals surface area contributed by atoms with E-state index < -0.39 is 11.5 Å². The van der Waals surface area contributed by atoms with Gasteiger partial charge in [-0.25, -0.2) is 0 Å². The molecule has 0 bridgehead atoms. The van der Waals surface area contributed by atoms with Crippen LogP contribution in [0.25, 0.3) is 0 Å². The zero-order valence-corrected chi connectivity index (χ0v) is 10.2. The number of nitrogens with one attached hydrogen (secondary N) is 1. The van der Waals surface area contributed by atoms with Gasteiger partial charge in [-0.3, -0.25) is 9.59 Å². The summed E-state index contributed by atoms with van der Waals surface area (Å²) in [4.78, 5) is 24.4. The van der Waals surface area contributed by atoms with E-state index in [0.717, 1.165) is 25.8 Å². The fraction of sp³-hybridized carbons (Fsp3) is 0.667. The molecule has 0 aromatic rings. The summed E-state index contributed by atoms with van der Waals surface area (Å²) >= 11 is 0. The van der Waals surface area contributed by atoms with Crippen molar-refractivity contribution in [2.24, 2.45) is 0 Å². The molecule has 5 nitrogen and oxygen atoms in total. The van der Waals surface area contributed by atoms with E-state index in [2.05, 4.69) is 11.9 Å². The van der Waals surface area contributed by atoms with Gasteiger partial charge in [0, 0.05) is 6.54 Å². The van der Waals surface area contributed by atoms with Crippen molar-refractivity contribution in [1.29, 1.82) is 0 Å². The van der Waals surface area contributed by atoms with Crippen molar-refractivity contribution < 1.29 is 14.7 Å². The Labute approximate surface area is 101 Å². The lowest BCUT2D eigenvalue weighted by Crippen LogP contribution is -2.58. The molecule has 0 aliphatic carbocycles. The number of carbonyl (C=O) groups is 2. The highest BCUT2D eigenvalue weighted by atomic mass is 16.4. The highest BCUT2D eigenvalue weighted by molar-refractivity contribution is 5.88. The molecule has 1 saturated heterocycles. The van der Waals surface area contributed by atoms with Gasteiger partial charge in [0.1, 0.15) is 6.54 Å². The highest BCUT2D eigenvalue weighted by Crippen LogP contribution is 2.21. The molecule has 1 rings (SSSR count). The molecular formula is C12H20N2O3. The summed E-state index contributed by atoms with van der Waals surface area (Å²) in [5, 5.41) is 12.0. The third-order valence-electron chi connectivity index (χ3n) is 3.05. The maximum absolute atomic E-state index is 12.3. The molecule has 1 unspecified atom stereocenters. The average Bonchev–Trinajstić information content (AvgIpc) is 2.28. The van der Waals surface area contributed by atoms with Crippen LogP contribution in [-0.2, 0) is 9.59 Å². The van der Waals surface area contributed by atoms with Crippen molar-refractivity contribution in [3.05, 3.63) is 12.7 Å². The molecule has 0 radical (unpaired) electrons. The first kappa shape index (κ1) is 13.7. The van der Waals surface area contributed by atoms with Crippen LogP contribution < -0.4 is 5.32 Å². The maximum atomic E-state index is 12.3. The van der Waals surface area contributed by atoms with Gasteiger partial charge in [0.05, 0.1) is 5.54 Å². The lowest BCUT2D eigenvalue weighted by molar-refractivity contribution is -0.147. The lowest BCUT2D eigenvalue weighted by Gasteiger charge is -2.37. The molecule has 1 fully saturated rings. The predicted octanol–water partition coefficient (Wildman–Crippen LogP) is 0.618. The third kappa shape index (κ3) is 3.56.